The summed E-state index contributed by atoms with van der Waals surface area (Å²) in [5.41, 5.74) is -0.308. The molecule has 0 amide bonds. The summed E-state index contributed by atoms with van der Waals surface area (Å²) in [6.45, 7) is 13.0. The molecule has 1 saturated heterocycles. The fourth-order valence-electron chi connectivity index (χ4n) is 2.82. The Bertz CT molecular complexity index is 409. The third-order valence-electron chi connectivity index (χ3n) is 3.58. The van der Waals surface area contributed by atoms with Crippen LogP contribution in [0.25, 0.3) is 0 Å². The average molecular weight is 268 g/mol. The fourth-order valence-corrected chi connectivity index (χ4v) is 3.54. The Morgan fingerprint density at radius 2 is 2.06 bits per heavy atom. The van der Waals surface area contributed by atoms with Gasteiger partial charge in [-0.3, -0.25) is 0 Å². The van der Waals surface area contributed by atoms with Gasteiger partial charge < -0.3 is 10.1 Å². The van der Waals surface area contributed by atoms with Gasteiger partial charge in [0.1, 0.15) is 5.01 Å². The van der Waals surface area contributed by atoms with Crippen molar-refractivity contribution in [2.75, 3.05) is 0 Å². The minimum atomic E-state index is -0.141. The van der Waals surface area contributed by atoms with Crippen LogP contribution in [0, 0.1) is 0 Å². The van der Waals surface area contributed by atoms with Crippen molar-refractivity contribution in [2.24, 2.45) is 0 Å². The number of ether oxygens (including phenoxy) is 1. The van der Waals surface area contributed by atoms with Crippen LogP contribution in [0.1, 0.15) is 53.0 Å². The van der Waals surface area contributed by atoms with E-state index in [0.29, 0.717) is 6.04 Å². The van der Waals surface area contributed by atoms with Crippen molar-refractivity contribution in [1.82, 2.24) is 10.3 Å². The Morgan fingerprint density at radius 3 is 2.50 bits per heavy atom. The molecule has 1 aromatic rings. The van der Waals surface area contributed by atoms with Crippen molar-refractivity contribution in [3.05, 3.63) is 16.6 Å². The van der Waals surface area contributed by atoms with Gasteiger partial charge in [0.05, 0.1) is 16.7 Å². The van der Waals surface area contributed by atoms with E-state index in [1.54, 1.807) is 11.3 Å². The highest BCUT2D eigenvalue weighted by Gasteiger charge is 2.47. The fraction of sp³-hybridized carbons (Fsp3) is 0.786. The van der Waals surface area contributed by atoms with E-state index in [0.717, 1.165) is 11.4 Å². The predicted octanol–water partition coefficient (Wildman–Crippen LogP) is 3.31. The van der Waals surface area contributed by atoms with Crippen molar-refractivity contribution in [2.45, 2.75) is 70.7 Å². The second-order valence-corrected chi connectivity index (χ2v) is 7.72. The average Bonchev–Trinajstić information content (AvgIpc) is 2.71. The first-order valence-corrected chi connectivity index (χ1v) is 7.38. The maximum absolute atomic E-state index is 6.13. The number of thiazole rings is 1. The van der Waals surface area contributed by atoms with Crippen LogP contribution in [0.4, 0.5) is 0 Å². The SMILES string of the molecule is CC1(C)CC(NC(C)(C)c2nccs2)C(C)(C)O1. The Balaban J connectivity index is 2.15. The van der Waals surface area contributed by atoms with Gasteiger partial charge in [-0.25, -0.2) is 4.98 Å². The zero-order valence-electron chi connectivity index (χ0n) is 12.2. The van der Waals surface area contributed by atoms with Crippen LogP contribution in [0.2, 0.25) is 0 Å². The summed E-state index contributed by atoms with van der Waals surface area (Å²) in [6.07, 6.45) is 2.89. The summed E-state index contributed by atoms with van der Waals surface area (Å²) in [7, 11) is 0. The first-order valence-electron chi connectivity index (χ1n) is 6.50. The van der Waals surface area contributed by atoms with Crippen molar-refractivity contribution < 1.29 is 4.74 Å². The predicted molar refractivity (Wildman–Crippen MR) is 75.9 cm³/mol. The van der Waals surface area contributed by atoms with Gasteiger partial charge in [-0.15, -0.1) is 11.3 Å². The normalized spacial score (nSPS) is 26.4. The molecule has 0 aromatic carbocycles. The van der Waals surface area contributed by atoms with E-state index < -0.39 is 0 Å². The van der Waals surface area contributed by atoms with Gasteiger partial charge in [-0.1, -0.05) is 0 Å². The molecule has 0 radical (unpaired) electrons. The second kappa shape index (κ2) is 4.29. The van der Waals surface area contributed by atoms with E-state index in [2.05, 4.69) is 51.8 Å². The molecule has 1 fully saturated rings. The Morgan fingerprint density at radius 1 is 1.39 bits per heavy atom. The van der Waals surface area contributed by atoms with Crippen molar-refractivity contribution >= 4 is 11.3 Å². The molecule has 1 unspecified atom stereocenters. The van der Waals surface area contributed by atoms with E-state index in [-0.39, 0.29) is 16.7 Å². The molecule has 18 heavy (non-hydrogen) atoms. The molecule has 102 valence electrons. The highest BCUT2D eigenvalue weighted by molar-refractivity contribution is 7.09. The van der Waals surface area contributed by atoms with Crippen LogP contribution in [0.5, 0.6) is 0 Å². The van der Waals surface area contributed by atoms with Gasteiger partial charge >= 0.3 is 0 Å². The summed E-state index contributed by atoms with van der Waals surface area (Å²) < 4.78 is 6.13. The minimum Gasteiger partial charge on any atom is -0.368 e. The Labute approximate surface area is 114 Å². The topological polar surface area (TPSA) is 34.2 Å². The monoisotopic (exact) mass is 268 g/mol. The van der Waals surface area contributed by atoms with Crippen molar-refractivity contribution in [3.63, 3.8) is 0 Å². The molecule has 0 bridgehead atoms. The van der Waals surface area contributed by atoms with E-state index in [4.69, 9.17) is 4.74 Å². The highest BCUT2D eigenvalue weighted by Crippen LogP contribution is 2.39. The van der Waals surface area contributed by atoms with E-state index in [1.807, 2.05) is 11.6 Å². The van der Waals surface area contributed by atoms with E-state index in [9.17, 15) is 0 Å². The molecule has 2 rings (SSSR count). The largest absolute Gasteiger partial charge is 0.368 e. The van der Waals surface area contributed by atoms with Crippen molar-refractivity contribution in [1.29, 1.82) is 0 Å². The summed E-state index contributed by atoms with van der Waals surface area (Å²) in [4.78, 5) is 4.43. The standard InChI is InChI=1S/C14H24N2OS/c1-12(2)9-10(14(5,6)17-12)16-13(3,4)11-15-7-8-18-11/h7-8,10,16H,9H2,1-6H3. The molecular formula is C14H24N2OS. The lowest BCUT2D eigenvalue weighted by Crippen LogP contribution is -2.51. The molecule has 1 atom stereocenters. The third kappa shape index (κ3) is 2.76. The summed E-state index contributed by atoms with van der Waals surface area (Å²) in [5, 5.41) is 6.88. The second-order valence-electron chi connectivity index (χ2n) is 6.83. The van der Waals surface area contributed by atoms with E-state index in [1.165, 1.54) is 0 Å². The number of aromatic nitrogens is 1. The molecule has 1 aliphatic rings. The van der Waals surface area contributed by atoms with Gasteiger partial charge in [0.25, 0.3) is 0 Å². The molecule has 4 heteroatoms. The zero-order chi connectivity index (χ0) is 13.6. The molecule has 2 heterocycles. The lowest BCUT2D eigenvalue weighted by atomic mass is 9.91. The molecule has 0 spiro atoms. The van der Waals surface area contributed by atoms with Gasteiger partial charge in [0.15, 0.2) is 0 Å². The molecule has 3 nitrogen and oxygen atoms in total. The van der Waals surface area contributed by atoms with Crippen LogP contribution >= 0.6 is 11.3 Å². The maximum Gasteiger partial charge on any atom is 0.112 e. The third-order valence-corrected chi connectivity index (χ3v) is 4.67. The van der Waals surface area contributed by atoms with Crippen LogP contribution in [0.15, 0.2) is 11.6 Å². The molecule has 0 saturated carbocycles. The smallest absolute Gasteiger partial charge is 0.112 e. The minimum absolute atomic E-state index is 0.0554. The van der Waals surface area contributed by atoms with Crippen molar-refractivity contribution in [3.8, 4) is 0 Å². The number of hydrogen-bond acceptors (Lipinski definition) is 4. The summed E-state index contributed by atoms with van der Waals surface area (Å²) >= 11 is 1.70. The quantitative estimate of drug-likeness (QED) is 0.913. The first-order chi connectivity index (χ1) is 8.12. The highest BCUT2D eigenvalue weighted by atomic mass is 32.1. The number of rotatable bonds is 3. The van der Waals surface area contributed by atoms with Gasteiger partial charge in [0.2, 0.25) is 0 Å². The van der Waals surface area contributed by atoms with E-state index >= 15 is 0 Å². The van der Waals surface area contributed by atoms with Crippen LogP contribution < -0.4 is 5.32 Å². The van der Waals surface area contributed by atoms with Gasteiger partial charge in [0, 0.05) is 17.6 Å². The molecule has 1 aliphatic heterocycles. The summed E-state index contributed by atoms with van der Waals surface area (Å²) in [5.74, 6) is 0. The lowest BCUT2D eigenvalue weighted by Gasteiger charge is -2.34. The lowest BCUT2D eigenvalue weighted by molar-refractivity contribution is -0.0714. The molecular weight excluding hydrogens is 244 g/mol. The number of hydrogen-bond donors (Lipinski definition) is 1. The van der Waals surface area contributed by atoms with Crippen LogP contribution in [-0.4, -0.2) is 22.2 Å². The van der Waals surface area contributed by atoms with Gasteiger partial charge in [-0.2, -0.15) is 0 Å². The zero-order valence-corrected chi connectivity index (χ0v) is 13.0. The first kappa shape index (κ1) is 14.0. The molecule has 1 N–H and O–H groups in total. The Hall–Kier alpha value is -0.450. The van der Waals surface area contributed by atoms with Crippen LogP contribution in [0.3, 0.4) is 0 Å². The molecule has 0 aliphatic carbocycles. The number of nitrogens with one attached hydrogen (secondary N) is 1. The Kier molecular flexibility index (Phi) is 3.33. The van der Waals surface area contributed by atoms with Gasteiger partial charge in [-0.05, 0) is 48.0 Å². The molecule has 1 aromatic heterocycles. The summed E-state index contributed by atoms with van der Waals surface area (Å²) in [6, 6.07) is 0.339. The van der Waals surface area contributed by atoms with Crippen LogP contribution in [-0.2, 0) is 10.3 Å². The number of nitrogens with zero attached hydrogens (tertiary/aromatic N) is 1. The maximum atomic E-state index is 6.13.